The molecule has 2 N–H and O–H groups in total. The average Bonchev–Trinajstić information content (AvgIpc) is 2.59. The molecule has 0 saturated carbocycles. The van der Waals surface area contributed by atoms with Crippen molar-refractivity contribution in [1.82, 2.24) is 0 Å². The Labute approximate surface area is 80.5 Å². The summed E-state index contributed by atoms with van der Waals surface area (Å²) < 4.78 is 9.97. The summed E-state index contributed by atoms with van der Waals surface area (Å²) in [6.07, 6.45) is 0.559. The van der Waals surface area contributed by atoms with E-state index in [9.17, 15) is 0 Å². The topological polar surface area (TPSA) is 58.9 Å². The molecule has 4 heteroatoms. The van der Waals surface area contributed by atoms with Gasteiger partial charge < -0.3 is 19.7 Å². The van der Waals surface area contributed by atoms with Gasteiger partial charge in [-0.25, -0.2) is 0 Å². The quantitative estimate of drug-likeness (QED) is 0.668. The molecule has 1 heterocycles. The van der Waals surface area contributed by atoms with Crippen molar-refractivity contribution < 1.29 is 19.7 Å². The van der Waals surface area contributed by atoms with Gasteiger partial charge in [0.15, 0.2) is 0 Å². The number of hydrogen-bond donors (Lipinski definition) is 2. The summed E-state index contributed by atoms with van der Waals surface area (Å²) in [5.74, 6) is 0. The maximum Gasteiger partial charge on any atom is 0.0835 e. The second-order valence-electron chi connectivity index (χ2n) is 2.30. The minimum Gasteiger partial charge on any atom is -0.400 e. The highest BCUT2D eigenvalue weighted by Crippen LogP contribution is 2.12. The molecule has 0 aliphatic carbocycles. The molecule has 13 heavy (non-hydrogen) atoms. The van der Waals surface area contributed by atoms with Crippen molar-refractivity contribution in [3.63, 3.8) is 0 Å². The van der Waals surface area contributed by atoms with Gasteiger partial charge in [0.05, 0.1) is 25.4 Å². The zero-order chi connectivity index (χ0) is 10.7. The maximum atomic E-state index is 8.95. The summed E-state index contributed by atoms with van der Waals surface area (Å²) in [7, 11) is 2.63. The van der Waals surface area contributed by atoms with Crippen molar-refractivity contribution in [2.24, 2.45) is 0 Å². The van der Waals surface area contributed by atoms with E-state index in [1.165, 1.54) is 0 Å². The van der Waals surface area contributed by atoms with Crippen LogP contribution in [0.5, 0.6) is 0 Å². The Kier molecular flexibility index (Phi) is 14.0. The van der Waals surface area contributed by atoms with Gasteiger partial charge in [-0.05, 0) is 0 Å². The Bertz CT molecular complexity index is 85.7. The molecule has 1 aliphatic heterocycles. The Morgan fingerprint density at radius 3 is 2.23 bits per heavy atom. The fourth-order valence-electron chi connectivity index (χ4n) is 0.989. The van der Waals surface area contributed by atoms with E-state index in [2.05, 4.69) is 0 Å². The highest BCUT2D eigenvalue weighted by Gasteiger charge is 2.22. The average molecular weight is 194 g/mol. The van der Waals surface area contributed by atoms with Crippen LogP contribution in [0.25, 0.3) is 0 Å². The van der Waals surface area contributed by atoms with Gasteiger partial charge in [0.25, 0.3) is 0 Å². The van der Waals surface area contributed by atoms with Gasteiger partial charge in [-0.3, -0.25) is 0 Å². The fourth-order valence-corrected chi connectivity index (χ4v) is 0.989. The predicted molar refractivity (Wildman–Crippen MR) is 51.7 cm³/mol. The molecular weight excluding hydrogens is 172 g/mol. The van der Waals surface area contributed by atoms with E-state index in [-0.39, 0.29) is 12.2 Å². The third-order valence-electron chi connectivity index (χ3n) is 1.41. The summed E-state index contributed by atoms with van der Waals surface area (Å²) in [6, 6.07) is 0. The molecule has 0 aromatic heterocycles. The lowest BCUT2D eigenvalue weighted by atomic mass is 10.2. The molecule has 0 radical (unpaired) electrons. The number of rotatable bonds is 2. The van der Waals surface area contributed by atoms with E-state index in [4.69, 9.17) is 19.7 Å². The Balaban J connectivity index is 0. The van der Waals surface area contributed by atoms with Crippen LogP contribution in [0.4, 0.5) is 0 Å². The van der Waals surface area contributed by atoms with Crippen molar-refractivity contribution in [3.8, 4) is 0 Å². The summed E-state index contributed by atoms with van der Waals surface area (Å²) >= 11 is 0. The Hall–Kier alpha value is -0.160. The van der Waals surface area contributed by atoms with Crippen LogP contribution in [0.15, 0.2) is 0 Å². The Morgan fingerprint density at radius 1 is 1.38 bits per heavy atom. The lowest BCUT2D eigenvalue weighted by Crippen LogP contribution is -2.12. The number of methoxy groups -OCH3 is 1. The summed E-state index contributed by atoms with van der Waals surface area (Å²) in [5.41, 5.74) is 0. The molecule has 0 aromatic carbocycles. The molecule has 2 unspecified atom stereocenters. The van der Waals surface area contributed by atoms with Crippen LogP contribution >= 0.6 is 0 Å². The molecule has 0 spiro atoms. The molecule has 1 fully saturated rings. The van der Waals surface area contributed by atoms with Crippen LogP contribution in [-0.4, -0.2) is 49.9 Å². The van der Waals surface area contributed by atoms with Gasteiger partial charge in [0.1, 0.15) is 0 Å². The first-order valence-electron chi connectivity index (χ1n) is 4.56. The van der Waals surface area contributed by atoms with Gasteiger partial charge in [-0.2, -0.15) is 0 Å². The lowest BCUT2D eigenvalue weighted by Gasteiger charge is -2.04. The normalized spacial score (nSPS) is 25.4. The van der Waals surface area contributed by atoms with E-state index < -0.39 is 0 Å². The molecule has 1 aliphatic rings. The minimum atomic E-state index is -0.273. The SMILES string of the molecule is CC.CO.COCC1CC(O)CO1. The van der Waals surface area contributed by atoms with Crippen LogP contribution in [0.3, 0.4) is 0 Å². The molecule has 82 valence electrons. The first kappa shape index (κ1) is 15.3. The first-order valence-corrected chi connectivity index (χ1v) is 4.56. The second-order valence-corrected chi connectivity index (χ2v) is 2.30. The van der Waals surface area contributed by atoms with Crippen molar-refractivity contribution in [3.05, 3.63) is 0 Å². The van der Waals surface area contributed by atoms with Crippen LogP contribution < -0.4 is 0 Å². The highest BCUT2D eigenvalue weighted by atomic mass is 16.5. The van der Waals surface area contributed by atoms with Crippen molar-refractivity contribution in [2.45, 2.75) is 32.5 Å². The third kappa shape index (κ3) is 8.18. The van der Waals surface area contributed by atoms with E-state index in [1.807, 2.05) is 13.8 Å². The molecule has 4 nitrogen and oxygen atoms in total. The maximum absolute atomic E-state index is 8.95. The predicted octanol–water partition coefficient (Wildman–Crippen LogP) is 0.417. The van der Waals surface area contributed by atoms with Crippen LogP contribution in [-0.2, 0) is 9.47 Å². The standard InChI is InChI=1S/C6H12O3.C2H6.CH4O/c1-8-4-6-2-5(7)3-9-6;2*1-2/h5-7H,2-4H2,1H3;1-2H3;2H,1H3. The molecule has 0 aromatic rings. The van der Waals surface area contributed by atoms with E-state index >= 15 is 0 Å². The number of ether oxygens (including phenoxy) is 2. The summed E-state index contributed by atoms with van der Waals surface area (Å²) in [5, 5.41) is 15.9. The Morgan fingerprint density at radius 2 is 1.92 bits per heavy atom. The fraction of sp³-hybridized carbons (Fsp3) is 1.00. The van der Waals surface area contributed by atoms with Gasteiger partial charge in [-0.1, -0.05) is 13.8 Å². The highest BCUT2D eigenvalue weighted by molar-refractivity contribution is 4.71. The van der Waals surface area contributed by atoms with Gasteiger partial charge in [-0.15, -0.1) is 0 Å². The zero-order valence-corrected chi connectivity index (χ0v) is 8.99. The smallest absolute Gasteiger partial charge is 0.0835 e. The number of aliphatic hydroxyl groups is 2. The van der Waals surface area contributed by atoms with E-state index in [0.29, 0.717) is 19.6 Å². The van der Waals surface area contributed by atoms with E-state index in [0.717, 1.165) is 7.11 Å². The molecular formula is C9H22O4. The zero-order valence-electron chi connectivity index (χ0n) is 8.99. The second kappa shape index (κ2) is 11.8. The molecule has 1 rings (SSSR count). The molecule has 2 atom stereocenters. The van der Waals surface area contributed by atoms with Crippen LogP contribution in [0.2, 0.25) is 0 Å². The number of hydrogen-bond acceptors (Lipinski definition) is 4. The van der Waals surface area contributed by atoms with Crippen molar-refractivity contribution >= 4 is 0 Å². The van der Waals surface area contributed by atoms with Crippen molar-refractivity contribution in [2.75, 3.05) is 27.4 Å². The summed E-state index contributed by atoms with van der Waals surface area (Å²) in [6.45, 7) is 5.06. The first-order chi connectivity index (χ1) is 6.33. The van der Waals surface area contributed by atoms with Gasteiger partial charge in [0, 0.05) is 20.6 Å². The lowest BCUT2D eigenvalue weighted by molar-refractivity contribution is 0.0336. The van der Waals surface area contributed by atoms with Crippen LogP contribution in [0, 0.1) is 0 Å². The molecule has 0 bridgehead atoms. The molecule has 0 amide bonds. The monoisotopic (exact) mass is 194 g/mol. The largest absolute Gasteiger partial charge is 0.400 e. The minimum absolute atomic E-state index is 0.116. The third-order valence-corrected chi connectivity index (χ3v) is 1.41. The van der Waals surface area contributed by atoms with E-state index in [1.54, 1.807) is 7.11 Å². The van der Waals surface area contributed by atoms with Crippen LogP contribution in [0.1, 0.15) is 20.3 Å². The summed E-state index contributed by atoms with van der Waals surface area (Å²) in [4.78, 5) is 0. The molecule has 1 saturated heterocycles. The van der Waals surface area contributed by atoms with Gasteiger partial charge >= 0.3 is 0 Å². The van der Waals surface area contributed by atoms with Gasteiger partial charge in [0.2, 0.25) is 0 Å². The number of aliphatic hydroxyl groups excluding tert-OH is 2. The van der Waals surface area contributed by atoms with Crippen molar-refractivity contribution in [1.29, 1.82) is 0 Å².